The summed E-state index contributed by atoms with van der Waals surface area (Å²) in [4.78, 5) is 0. The molecule has 98 valence electrons. The molecule has 0 aromatic heterocycles. The molecule has 0 spiro atoms. The molecule has 1 N–H and O–H groups in total. The topological polar surface area (TPSA) is 63.6 Å². The molecule has 0 atom stereocenters. The van der Waals surface area contributed by atoms with Crippen LogP contribution in [0.5, 0.6) is 0 Å². The lowest BCUT2D eigenvalue weighted by molar-refractivity contribution is -0.123. The average Bonchev–Trinajstić information content (AvgIpc) is 2.19. The quantitative estimate of drug-likeness (QED) is 0.782. The van der Waals surface area contributed by atoms with Crippen molar-refractivity contribution in [3.8, 4) is 0 Å². The zero-order chi connectivity index (χ0) is 12.0. The van der Waals surface area contributed by atoms with Gasteiger partial charge in [0.15, 0.2) is 0 Å². The van der Waals surface area contributed by atoms with Crippen LogP contribution in [0.1, 0.15) is 32.1 Å². The van der Waals surface area contributed by atoms with Crippen molar-refractivity contribution in [2.75, 3.05) is 12.4 Å². The van der Waals surface area contributed by atoms with E-state index in [0.717, 1.165) is 11.8 Å². The average molecular weight is 260 g/mol. The summed E-state index contributed by atoms with van der Waals surface area (Å²) in [6.45, 7) is 0.145. The molecule has 4 saturated carbocycles. The molecule has 4 aliphatic carbocycles. The Morgan fingerprint density at radius 3 is 2.00 bits per heavy atom. The fourth-order valence-electron chi connectivity index (χ4n) is 4.44. The smallest absolute Gasteiger partial charge is 0.267 e. The normalized spacial score (nSPS) is 44.2. The van der Waals surface area contributed by atoms with Crippen LogP contribution in [-0.2, 0) is 14.9 Å². The van der Waals surface area contributed by atoms with Gasteiger partial charge in [-0.25, -0.2) is 0 Å². The van der Waals surface area contributed by atoms with Gasteiger partial charge in [-0.05, 0) is 55.8 Å². The van der Waals surface area contributed by atoms with Crippen molar-refractivity contribution in [3.63, 3.8) is 0 Å². The Morgan fingerprint density at radius 1 is 1.00 bits per heavy atom. The van der Waals surface area contributed by atoms with Crippen molar-refractivity contribution < 1.29 is 17.7 Å². The van der Waals surface area contributed by atoms with E-state index >= 15 is 0 Å². The summed E-state index contributed by atoms with van der Waals surface area (Å²) in [5.74, 6) is 2.83. The highest BCUT2D eigenvalue weighted by molar-refractivity contribution is 7.85. The van der Waals surface area contributed by atoms with Gasteiger partial charge in [-0.1, -0.05) is 0 Å². The predicted molar refractivity (Wildman–Crippen MR) is 63.2 cm³/mol. The second kappa shape index (κ2) is 4.21. The van der Waals surface area contributed by atoms with Gasteiger partial charge in [0, 0.05) is 0 Å². The van der Waals surface area contributed by atoms with Gasteiger partial charge in [0.2, 0.25) is 0 Å². The zero-order valence-electron chi connectivity index (χ0n) is 9.92. The fourth-order valence-corrected chi connectivity index (χ4v) is 4.74. The molecule has 0 amide bonds. The van der Waals surface area contributed by atoms with Crippen LogP contribution in [0.3, 0.4) is 0 Å². The van der Waals surface area contributed by atoms with E-state index in [9.17, 15) is 8.42 Å². The van der Waals surface area contributed by atoms with Gasteiger partial charge in [-0.2, -0.15) is 8.42 Å². The van der Waals surface area contributed by atoms with Gasteiger partial charge >= 0.3 is 0 Å². The molecular formula is C12H20O4S. The molecule has 0 aliphatic heterocycles. The molecule has 0 radical (unpaired) electrons. The van der Waals surface area contributed by atoms with E-state index in [-0.39, 0.29) is 18.5 Å². The van der Waals surface area contributed by atoms with Gasteiger partial charge in [0.05, 0.1) is 18.5 Å². The van der Waals surface area contributed by atoms with Crippen LogP contribution in [0.15, 0.2) is 0 Å². The molecule has 0 aromatic carbocycles. The molecule has 4 rings (SSSR count). The molecular weight excluding hydrogens is 240 g/mol. The summed E-state index contributed by atoms with van der Waals surface area (Å²) >= 11 is 0. The summed E-state index contributed by atoms with van der Waals surface area (Å²) in [6, 6.07) is 0. The van der Waals surface area contributed by atoms with Crippen LogP contribution >= 0.6 is 0 Å². The lowest BCUT2D eigenvalue weighted by atomic mass is 9.55. The Kier molecular flexibility index (Phi) is 2.96. The lowest BCUT2D eigenvalue weighted by Gasteiger charge is -2.54. The van der Waals surface area contributed by atoms with Gasteiger partial charge in [-0.15, -0.1) is 0 Å². The minimum absolute atomic E-state index is 0.145. The van der Waals surface area contributed by atoms with Crippen molar-refractivity contribution in [2.24, 2.45) is 23.7 Å². The van der Waals surface area contributed by atoms with Crippen molar-refractivity contribution in [1.82, 2.24) is 0 Å². The van der Waals surface area contributed by atoms with Gasteiger partial charge in [0.1, 0.15) is 0 Å². The number of ether oxygens (including phenoxy) is 1. The molecule has 4 bridgehead atoms. The monoisotopic (exact) mass is 260 g/mol. The first-order chi connectivity index (χ1) is 8.01. The molecule has 4 aliphatic rings. The largest absolute Gasteiger partial charge is 0.376 e. The first-order valence-corrected chi connectivity index (χ1v) is 8.19. The van der Waals surface area contributed by atoms with Crippen molar-refractivity contribution in [3.05, 3.63) is 0 Å². The second-order valence-electron chi connectivity index (χ2n) is 6.05. The van der Waals surface area contributed by atoms with Crippen LogP contribution in [0.4, 0.5) is 0 Å². The van der Waals surface area contributed by atoms with Gasteiger partial charge in [0.25, 0.3) is 10.1 Å². The maximum atomic E-state index is 10.7. The second-order valence-corrected chi connectivity index (χ2v) is 7.62. The van der Waals surface area contributed by atoms with Crippen LogP contribution in [0.25, 0.3) is 0 Å². The van der Waals surface area contributed by atoms with E-state index in [1.807, 2.05) is 0 Å². The standard InChI is InChI=1S/C12H20O4S/c13-17(14,15)2-1-16-12-10-4-8-3-9(6-10)7-11(12)5-8/h8-12H,1-7H2,(H,13,14,15). The molecule has 17 heavy (non-hydrogen) atoms. The van der Waals surface area contributed by atoms with Gasteiger partial charge < -0.3 is 4.74 Å². The van der Waals surface area contributed by atoms with Crippen molar-refractivity contribution in [2.45, 2.75) is 38.2 Å². The first kappa shape index (κ1) is 11.9. The van der Waals surface area contributed by atoms with E-state index in [0.29, 0.717) is 11.8 Å². The molecule has 0 saturated heterocycles. The van der Waals surface area contributed by atoms with Crippen LogP contribution in [0, 0.1) is 23.7 Å². The Labute approximate surface area is 102 Å². The van der Waals surface area contributed by atoms with E-state index < -0.39 is 10.1 Å². The van der Waals surface area contributed by atoms with Crippen LogP contribution in [-0.4, -0.2) is 31.4 Å². The highest BCUT2D eigenvalue weighted by Gasteiger charge is 2.48. The predicted octanol–water partition coefficient (Wildman–Crippen LogP) is 1.72. The SMILES string of the molecule is O=S(=O)(O)CCOC1C2CC3CC(C2)CC1C3. The molecule has 0 heterocycles. The third kappa shape index (κ3) is 2.51. The summed E-state index contributed by atoms with van der Waals surface area (Å²) in [5.41, 5.74) is 0. The Bertz CT molecular complexity index is 361. The number of hydrogen-bond donors (Lipinski definition) is 1. The molecule has 0 aromatic rings. The Morgan fingerprint density at radius 2 is 1.53 bits per heavy atom. The summed E-state index contributed by atoms with van der Waals surface area (Å²) < 4.78 is 35.8. The minimum atomic E-state index is -3.88. The van der Waals surface area contributed by atoms with Crippen LogP contribution in [0.2, 0.25) is 0 Å². The molecule has 0 unspecified atom stereocenters. The molecule has 5 heteroatoms. The van der Waals surface area contributed by atoms with E-state index in [1.165, 1.54) is 32.1 Å². The van der Waals surface area contributed by atoms with E-state index in [1.54, 1.807) is 0 Å². The minimum Gasteiger partial charge on any atom is -0.376 e. The Balaban J connectivity index is 1.57. The van der Waals surface area contributed by atoms with E-state index in [4.69, 9.17) is 9.29 Å². The Hall–Kier alpha value is -0.130. The fraction of sp³-hybridized carbons (Fsp3) is 1.00. The third-order valence-corrected chi connectivity index (χ3v) is 5.47. The maximum absolute atomic E-state index is 10.7. The van der Waals surface area contributed by atoms with Crippen LogP contribution < -0.4 is 0 Å². The zero-order valence-corrected chi connectivity index (χ0v) is 10.7. The number of hydrogen-bond acceptors (Lipinski definition) is 3. The summed E-state index contributed by atoms with van der Waals surface area (Å²) in [5, 5.41) is 0. The van der Waals surface area contributed by atoms with Gasteiger partial charge in [-0.3, -0.25) is 4.55 Å². The lowest BCUT2D eigenvalue weighted by Crippen LogP contribution is -2.49. The number of rotatable bonds is 4. The van der Waals surface area contributed by atoms with Crippen molar-refractivity contribution >= 4 is 10.1 Å². The summed E-state index contributed by atoms with van der Waals surface area (Å²) in [6.07, 6.45) is 6.73. The molecule has 4 nitrogen and oxygen atoms in total. The highest BCUT2D eigenvalue weighted by Crippen LogP contribution is 2.54. The highest BCUT2D eigenvalue weighted by atomic mass is 32.2. The third-order valence-electron chi connectivity index (χ3n) is 4.79. The van der Waals surface area contributed by atoms with E-state index in [2.05, 4.69) is 0 Å². The van der Waals surface area contributed by atoms with Crippen molar-refractivity contribution in [1.29, 1.82) is 0 Å². The first-order valence-electron chi connectivity index (χ1n) is 6.58. The molecule has 4 fully saturated rings. The maximum Gasteiger partial charge on any atom is 0.267 e. The summed E-state index contributed by atoms with van der Waals surface area (Å²) in [7, 11) is -3.88.